The first-order chi connectivity index (χ1) is 15.2. The number of methoxy groups -OCH3 is 2. The van der Waals surface area contributed by atoms with Gasteiger partial charge in [-0.1, -0.05) is 43.3 Å². The van der Waals surface area contributed by atoms with Gasteiger partial charge >= 0.3 is 0 Å². The first-order valence-electron chi connectivity index (χ1n) is 10.5. The second-order valence-electron chi connectivity index (χ2n) is 7.33. The van der Waals surface area contributed by atoms with Crippen LogP contribution in [0.2, 0.25) is 0 Å². The zero-order valence-corrected chi connectivity index (χ0v) is 18.2. The molecular formula is C28H27NO2. The Morgan fingerprint density at radius 2 is 0.871 bits per heavy atom. The van der Waals surface area contributed by atoms with Crippen molar-refractivity contribution in [1.29, 1.82) is 0 Å². The summed E-state index contributed by atoms with van der Waals surface area (Å²) in [5, 5.41) is 0. The molecule has 0 atom stereocenters. The summed E-state index contributed by atoms with van der Waals surface area (Å²) < 4.78 is 10.7. The number of anilines is 3. The monoisotopic (exact) mass is 409 g/mol. The standard InChI is InChI=1S/C28H27NO2/c1-4-21-5-7-22(8-6-21)23-9-11-24(12-10-23)29(25-13-17-27(30-2)18-14-25)26-15-19-28(31-3)20-16-26/h5-20H,4H2,1-3H3. The van der Waals surface area contributed by atoms with E-state index in [-0.39, 0.29) is 0 Å². The summed E-state index contributed by atoms with van der Waals surface area (Å²) in [4.78, 5) is 2.23. The van der Waals surface area contributed by atoms with E-state index in [0.717, 1.165) is 35.0 Å². The summed E-state index contributed by atoms with van der Waals surface area (Å²) in [6, 6.07) is 33.7. The lowest BCUT2D eigenvalue weighted by Crippen LogP contribution is -2.09. The van der Waals surface area contributed by atoms with Crippen LogP contribution in [-0.2, 0) is 6.42 Å². The van der Waals surface area contributed by atoms with Crippen molar-refractivity contribution < 1.29 is 9.47 Å². The number of ether oxygens (including phenoxy) is 2. The quantitative estimate of drug-likeness (QED) is 0.317. The van der Waals surface area contributed by atoms with E-state index in [2.05, 4.69) is 84.6 Å². The molecule has 0 saturated carbocycles. The molecule has 0 N–H and O–H groups in total. The lowest BCUT2D eigenvalue weighted by atomic mass is 10.0. The average Bonchev–Trinajstić information content (AvgIpc) is 2.85. The largest absolute Gasteiger partial charge is 0.497 e. The van der Waals surface area contributed by atoms with Crippen molar-refractivity contribution in [3.63, 3.8) is 0 Å². The fourth-order valence-corrected chi connectivity index (χ4v) is 3.65. The number of rotatable bonds is 7. The summed E-state index contributed by atoms with van der Waals surface area (Å²) >= 11 is 0. The van der Waals surface area contributed by atoms with Crippen LogP contribution in [0, 0.1) is 0 Å². The van der Waals surface area contributed by atoms with Crippen molar-refractivity contribution >= 4 is 17.1 Å². The van der Waals surface area contributed by atoms with Gasteiger partial charge in [0.05, 0.1) is 14.2 Å². The summed E-state index contributed by atoms with van der Waals surface area (Å²) in [6.07, 6.45) is 1.05. The number of hydrogen-bond donors (Lipinski definition) is 0. The van der Waals surface area contributed by atoms with E-state index in [1.54, 1.807) is 14.2 Å². The van der Waals surface area contributed by atoms with Gasteiger partial charge in [0.15, 0.2) is 0 Å². The summed E-state index contributed by atoms with van der Waals surface area (Å²) in [7, 11) is 3.37. The van der Waals surface area contributed by atoms with E-state index < -0.39 is 0 Å². The minimum absolute atomic E-state index is 0.837. The van der Waals surface area contributed by atoms with Crippen LogP contribution in [0.4, 0.5) is 17.1 Å². The normalized spacial score (nSPS) is 10.5. The van der Waals surface area contributed by atoms with Gasteiger partial charge in [-0.15, -0.1) is 0 Å². The first kappa shape index (κ1) is 20.5. The molecule has 0 unspecified atom stereocenters. The third kappa shape index (κ3) is 4.56. The number of benzene rings is 4. The number of hydrogen-bond acceptors (Lipinski definition) is 3. The molecule has 0 aromatic heterocycles. The molecule has 0 aliphatic carbocycles. The van der Waals surface area contributed by atoms with Gasteiger partial charge in [0.1, 0.15) is 11.5 Å². The summed E-state index contributed by atoms with van der Waals surface area (Å²) in [5.74, 6) is 1.67. The predicted octanol–water partition coefficient (Wildman–Crippen LogP) is 7.40. The van der Waals surface area contributed by atoms with Crippen LogP contribution in [-0.4, -0.2) is 14.2 Å². The van der Waals surface area contributed by atoms with Crippen LogP contribution in [0.5, 0.6) is 11.5 Å². The molecule has 0 saturated heterocycles. The second kappa shape index (κ2) is 9.40. The molecule has 0 fully saturated rings. The van der Waals surface area contributed by atoms with Crippen LogP contribution >= 0.6 is 0 Å². The molecule has 3 nitrogen and oxygen atoms in total. The van der Waals surface area contributed by atoms with Crippen molar-refractivity contribution in [3.8, 4) is 22.6 Å². The Bertz CT molecular complexity index is 1050. The fourth-order valence-electron chi connectivity index (χ4n) is 3.65. The Labute approximate surface area is 184 Å². The van der Waals surface area contributed by atoms with E-state index in [1.165, 1.54) is 16.7 Å². The fraction of sp³-hybridized carbons (Fsp3) is 0.143. The lowest BCUT2D eigenvalue weighted by molar-refractivity contribution is 0.415. The van der Waals surface area contributed by atoms with Crippen molar-refractivity contribution in [2.24, 2.45) is 0 Å². The van der Waals surface area contributed by atoms with E-state index in [9.17, 15) is 0 Å². The molecule has 0 bridgehead atoms. The summed E-state index contributed by atoms with van der Waals surface area (Å²) in [6.45, 7) is 2.18. The first-order valence-corrected chi connectivity index (χ1v) is 10.5. The van der Waals surface area contributed by atoms with Gasteiger partial charge in [-0.05, 0) is 83.8 Å². The highest BCUT2D eigenvalue weighted by Crippen LogP contribution is 2.37. The van der Waals surface area contributed by atoms with E-state index >= 15 is 0 Å². The van der Waals surface area contributed by atoms with Crippen molar-refractivity contribution in [2.45, 2.75) is 13.3 Å². The average molecular weight is 410 g/mol. The maximum atomic E-state index is 5.34. The van der Waals surface area contributed by atoms with Gasteiger partial charge < -0.3 is 14.4 Å². The molecule has 4 aromatic carbocycles. The van der Waals surface area contributed by atoms with E-state index in [0.29, 0.717) is 0 Å². The Morgan fingerprint density at radius 3 is 1.23 bits per heavy atom. The smallest absolute Gasteiger partial charge is 0.119 e. The molecule has 0 aliphatic heterocycles. The van der Waals surface area contributed by atoms with Gasteiger partial charge in [0.25, 0.3) is 0 Å². The maximum Gasteiger partial charge on any atom is 0.119 e. The molecule has 0 radical (unpaired) electrons. The number of aryl methyl sites for hydroxylation is 1. The Balaban J connectivity index is 1.71. The van der Waals surface area contributed by atoms with Gasteiger partial charge in [0.2, 0.25) is 0 Å². The topological polar surface area (TPSA) is 21.7 Å². The van der Waals surface area contributed by atoms with E-state index in [1.807, 2.05) is 24.3 Å². The SMILES string of the molecule is CCc1ccc(-c2ccc(N(c3ccc(OC)cc3)c3ccc(OC)cc3)cc2)cc1. The molecule has 156 valence electrons. The van der Waals surface area contributed by atoms with Crippen LogP contribution in [0.1, 0.15) is 12.5 Å². The lowest BCUT2D eigenvalue weighted by Gasteiger charge is -2.26. The zero-order valence-electron chi connectivity index (χ0n) is 18.2. The molecule has 4 aromatic rings. The zero-order chi connectivity index (χ0) is 21.6. The van der Waals surface area contributed by atoms with E-state index in [4.69, 9.17) is 9.47 Å². The van der Waals surface area contributed by atoms with Crippen LogP contribution in [0.25, 0.3) is 11.1 Å². The predicted molar refractivity (Wildman–Crippen MR) is 129 cm³/mol. The van der Waals surface area contributed by atoms with Crippen molar-refractivity contribution in [2.75, 3.05) is 19.1 Å². The molecule has 31 heavy (non-hydrogen) atoms. The van der Waals surface area contributed by atoms with Gasteiger partial charge in [-0.3, -0.25) is 0 Å². The van der Waals surface area contributed by atoms with Crippen molar-refractivity contribution in [1.82, 2.24) is 0 Å². The third-order valence-electron chi connectivity index (χ3n) is 5.48. The highest BCUT2D eigenvalue weighted by molar-refractivity contribution is 5.78. The molecular weight excluding hydrogens is 382 g/mol. The molecule has 0 heterocycles. The maximum absolute atomic E-state index is 5.34. The Hall–Kier alpha value is -3.72. The Kier molecular flexibility index (Phi) is 6.23. The van der Waals surface area contributed by atoms with Crippen LogP contribution in [0.3, 0.4) is 0 Å². The van der Waals surface area contributed by atoms with Gasteiger partial charge in [-0.2, -0.15) is 0 Å². The van der Waals surface area contributed by atoms with Crippen LogP contribution < -0.4 is 14.4 Å². The minimum Gasteiger partial charge on any atom is -0.497 e. The highest BCUT2D eigenvalue weighted by atomic mass is 16.5. The van der Waals surface area contributed by atoms with Gasteiger partial charge in [0, 0.05) is 17.1 Å². The molecule has 0 aliphatic rings. The molecule has 3 heteroatoms. The molecule has 0 spiro atoms. The molecule has 0 amide bonds. The summed E-state index contributed by atoms with van der Waals surface area (Å²) in [5.41, 5.74) is 6.99. The highest BCUT2D eigenvalue weighted by Gasteiger charge is 2.13. The second-order valence-corrected chi connectivity index (χ2v) is 7.33. The van der Waals surface area contributed by atoms with Gasteiger partial charge in [-0.25, -0.2) is 0 Å². The van der Waals surface area contributed by atoms with Crippen molar-refractivity contribution in [3.05, 3.63) is 103 Å². The number of nitrogens with zero attached hydrogens (tertiary/aromatic N) is 1. The minimum atomic E-state index is 0.837. The van der Waals surface area contributed by atoms with Crippen LogP contribution in [0.15, 0.2) is 97.1 Å². The Morgan fingerprint density at radius 1 is 0.516 bits per heavy atom. The third-order valence-corrected chi connectivity index (χ3v) is 5.48. The molecule has 4 rings (SSSR count).